The minimum atomic E-state index is -0.210. The fourth-order valence-electron chi connectivity index (χ4n) is 1.82. The van der Waals surface area contributed by atoms with Crippen molar-refractivity contribution in [3.8, 4) is 0 Å². The van der Waals surface area contributed by atoms with Crippen molar-refractivity contribution in [2.75, 3.05) is 0 Å². The lowest BCUT2D eigenvalue weighted by molar-refractivity contribution is 0.0940. The maximum atomic E-state index is 12.1. The highest BCUT2D eigenvalue weighted by molar-refractivity contribution is 6.33. The number of hydrogen-bond donors (Lipinski definition) is 1. The Labute approximate surface area is 122 Å². The molecule has 0 aliphatic heterocycles. The van der Waals surface area contributed by atoms with Crippen molar-refractivity contribution in [1.29, 1.82) is 0 Å². The fourth-order valence-corrected chi connectivity index (χ4v) is 2.34. The zero-order chi connectivity index (χ0) is 13.8. The van der Waals surface area contributed by atoms with Crippen LogP contribution in [0.25, 0.3) is 0 Å². The molecule has 1 N–H and O–H groups in total. The summed E-state index contributed by atoms with van der Waals surface area (Å²) in [4.78, 5) is 12.1. The number of benzene rings is 2. The van der Waals surface area contributed by atoms with Crippen molar-refractivity contribution in [3.05, 3.63) is 69.7 Å². The fraction of sp³-hybridized carbons (Fsp3) is 0.133. The monoisotopic (exact) mass is 293 g/mol. The van der Waals surface area contributed by atoms with Gasteiger partial charge in [-0.05, 0) is 30.7 Å². The third kappa shape index (κ3) is 3.28. The predicted molar refractivity (Wildman–Crippen MR) is 78.8 cm³/mol. The Morgan fingerprint density at radius 1 is 1.00 bits per heavy atom. The molecule has 0 aliphatic carbocycles. The molecule has 0 bridgehead atoms. The Bertz CT molecular complexity index is 598. The molecular weight excluding hydrogens is 281 g/mol. The lowest BCUT2D eigenvalue weighted by atomic mass is 10.1. The summed E-state index contributed by atoms with van der Waals surface area (Å²) in [5.74, 6) is -0.210. The standard InChI is InChI=1S/C15H13Cl2NO/c1-10(11-6-2-4-8-13(11)16)18-15(19)12-7-3-5-9-14(12)17/h2-10H,1H3,(H,18,19). The van der Waals surface area contributed by atoms with Crippen molar-refractivity contribution in [3.63, 3.8) is 0 Å². The first-order valence-corrected chi connectivity index (χ1v) is 6.65. The minimum absolute atomic E-state index is 0.183. The number of hydrogen-bond acceptors (Lipinski definition) is 1. The maximum Gasteiger partial charge on any atom is 0.253 e. The second kappa shape index (κ2) is 6.09. The quantitative estimate of drug-likeness (QED) is 0.888. The zero-order valence-electron chi connectivity index (χ0n) is 10.4. The van der Waals surface area contributed by atoms with Gasteiger partial charge in [0.25, 0.3) is 5.91 Å². The highest BCUT2D eigenvalue weighted by atomic mass is 35.5. The Morgan fingerprint density at radius 2 is 1.58 bits per heavy atom. The van der Waals surface area contributed by atoms with Crippen LogP contribution in [0.4, 0.5) is 0 Å². The molecule has 1 unspecified atom stereocenters. The predicted octanol–water partition coefficient (Wildman–Crippen LogP) is 4.48. The van der Waals surface area contributed by atoms with Gasteiger partial charge in [-0.1, -0.05) is 53.5 Å². The Kier molecular flexibility index (Phi) is 4.46. The van der Waals surface area contributed by atoms with Crippen LogP contribution in [0.1, 0.15) is 28.9 Å². The first kappa shape index (κ1) is 13.9. The summed E-state index contributed by atoms with van der Waals surface area (Å²) in [6.07, 6.45) is 0. The van der Waals surface area contributed by atoms with Gasteiger partial charge in [-0.3, -0.25) is 4.79 Å². The lowest BCUT2D eigenvalue weighted by Gasteiger charge is -2.16. The van der Waals surface area contributed by atoms with E-state index in [9.17, 15) is 4.79 Å². The molecule has 2 aromatic rings. The van der Waals surface area contributed by atoms with E-state index in [0.29, 0.717) is 15.6 Å². The molecule has 0 heterocycles. The highest BCUT2D eigenvalue weighted by Crippen LogP contribution is 2.23. The van der Waals surface area contributed by atoms with Gasteiger partial charge in [0.1, 0.15) is 0 Å². The first-order valence-electron chi connectivity index (χ1n) is 5.89. The third-order valence-electron chi connectivity index (χ3n) is 2.84. The zero-order valence-corrected chi connectivity index (χ0v) is 11.9. The van der Waals surface area contributed by atoms with Crippen molar-refractivity contribution in [2.24, 2.45) is 0 Å². The van der Waals surface area contributed by atoms with Crippen molar-refractivity contribution < 1.29 is 4.79 Å². The van der Waals surface area contributed by atoms with Crippen LogP contribution in [0.5, 0.6) is 0 Å². The number of rotatable bonds is 3. The van der Waals surface area contributed by atoms with Gasteiger partial charge in [0.2, 0.25) is 0 Å². The molecule has 1 atom stereocenters. The lowest BCUT2D eigenvalue weighted by Crippen LogP contribution is -2.27. The SMILES string of the molecule is CC(NC(=O)c1ccccc1Cl)c1ccccc1Cl. The number of carbonyl (C=O) groups is 1. The molecule has 4 heteroatoms. The molecule has 0 radical (unpaired) electrons. The van der Waals surface area contributed by atoms with Gasteiger partial charge in [-0.25, -0.2) is 0 Å². The van der Waals surface area contributed by atoms with Crippen LogP contribution in [0.2, 0.25) is 10.0 Å². The van der Waals surface area contributed by atoms with Crippen LogP contribution in [0.3, 0.4) is 0 Å². The topological polar surface area (TPSA) is 29.1 Å². The number of amides is 1. The van der Waals surface area contributed by atoms with Crippen LogP contribution < -0.4 is 5.32 Å². The molecule has 19 heavy (non-hydrogen) atoms. The van der Waals surface area contributed by atoms with Crippen LogP contribution in [-0.4, -0.2) is 5.91 Å². The molecule has 0 saturated carbocycles. The molecule has 0 spiro atoms. The molecule has 0 aromatic heterocycles. The maximum absolute atomic E-state index is 12.1. The van der Waals surface area contributed by atoms with E-state index in [1.165, 1.54) is 0 Å². The van der Waals surface area contributed by atoms with E-state index in [1.807, 2.05) is 25.1 Å². The number of carbonyl (C=O) groups excluding carboxylic acids is 1. The van der Waals surface area contributed by atoms with E-state index in [-0.39, 0.29) is 11.9 Å². The van der Waals surface area contributed by atoms with E-state index < -0.39 is 0 Å². The summed E-state index contributed by atoms with van der Waals surface area (Å²) in [5, 5.41) is 3.96. The molecule has 2 rings (SSSR count). The average Bonchev–Trinajstić information content (AvgIpc) is 2.39. The molecule has 98 valence electrons. The van der Waals surface area contributed by atoms with Crippen molar-refractivity contribution in [2.45, 2.75) is 13.0 Å². The summed E-state index contributed by atoms with van der Waals surface area (Å²) >= 11 is 12.1. The van der Waals surface area contributed by atoms with E-state index in [1.54, 1.807) is 30.3 Å². The number of halogens is 2. The van der Waals surface area contributed by atoms with Gasteiger partial charge in [0, 0.05) is 5.02 Å². The highest BCUT2D eigenvalue weighted by Gasteiger charge is 2.15. The van der Waals surface area contributed by atoms with Gasteiger partial charge < -0.3 is 5.32 Å². The van der Waals surface area contributed by atoms with Crippen LogP contribution >= 0.6 is 23.2 Å². The Morgan fingerprint density at radius 3 is 2.21 bits per heavy atom. The Hall–Kier alpha value is -1.51. The normalized spacial score (nSPS) is 11.9. The van der Waals surface area contributed by atoms with Crippen molar-refractivity contribution in [1.82, 2.24) is 5.32 Å². The molecule has 0 saturated heterocycles. The first-order chi connectivity index (χ1) is 9.09. The summed E-state index contributed by atoms with van der Waals surface area (Å²) in [6, 6.07) is 14.2. The van der Waals surface area contributed by atoms with Gasteiger partial charge in [0.05, 0.1) is 16.6 Å². The molecule has 2 nitrogen and oxygen atoms in total. The molecule has 0 aliphatic rings. The molecule has 1 amide bonds. The smallest absolute Gasteiger partial charge is 0.253 e. The van der Waals surface area contributed by atoms with Crippen molar-refractivity contribution >= 4 is 29.1 Å². The van der Waals surface area contributed by atoms with Gasteiger partial charge >= 0.3 is 0 Å². The second-order valence-corrected chi connectivity index (χ2v) is 5.01. The van der Waals surface area contributed by atoms with E-state index in [2.05, 4.69) is 5.32 Å². The second-order valence-electron chi connectivity index (χ2n) is 4.20. The summed E-state index contributed by atoms with van der Waals surface area (Å²) in [6.45, 7) is 1.88. The molecular formula is C15H13Cl2NO. The van der Waals surface area contributed by atoms with E-state index in [0.717, 1.165) is 5.56 Å². The number of nitrogens with one attached hydrogen (secondary N) is 1. The van der Waals surface area contributed by atoms with Crippen LogP contribution in [0, 0.1) is 0 Å². The third-order valence-corrected chi connectivity index (χ3v) is 3.51. The van der Waals surface area contributed by atoms with Crippen LogP contribution in [0.15, 0.2) is 48.5 Å². The molecule has 2 aromatic carbocycles. The Balaban J connectivity index is 2.16. The molecule has 0 fully saturated rings. The van der Waals surface area contributed by atoms with E-state index >= 15 is 0 Å². The minimum Gasteiger partial charge on any atom is -0.345 e. The van der Waals surface area contributed by atoms with E-state index in [4.69, 9.17) is 23.2 Å². The summed E-state index contributed by atoms with van der Waals surface area (Å²) in [7, 11) is 0. The van der Waals surface area contributed by atoms with Gasteiger partial charge in [0.15, 0.2) is 0 Å². The van der Waals surface area contributed by atoms with Gasteiger partial charge in [-0.15, -0.1) is 0 Å². The average molecular weight is 294 g/mol. The van der Waals surface area contributed by atoms with Crippen LogP contribution in [-0.2, 0) is 0 Å². The summed E-state index contributed by atoms with van der Waals surface area (Å²) in [5.41, 5.74) is 1.34. The van der Waals surface area contributed by atoms with Gasteiger partial charge in [-0.2, -0.15) is 0 Å². The largest absolute Gasteiger partial charge is 0.345 e. The summed E-state index contributed by atoms with van der Waals surface area (Å²) < 4.78 is 0.